The molecule has 0 aromatic rings. The molecule has 1 heterocycles. The fraction of sp³-hybridized carbons (Fsp3) is 0.933. The first kappa shape index (κ1) is 13.9. The van der Waals surface area contributed by atoms with Crippen LogP contribution in [0, 0.1) is 11.3 Å². The molecule has 3 nitrogen and oxygen atoms in total. The summed E-state index contributed by atoms with van der Waals surface area (Å²) in [6, 6.07) is 0. The highest BCUT2D eigenvalue weighted by atomic mass is 16.2. The van der Waals surface area contributed by atoms with Gasteiger partial charge in [-0.25, -0.2) is 0 Å². The Morgan fingerprint density at radius 2 is 1.78 bits per heavy atom. The van der Waals surface area contributed by atoms with E-state index in [9.17, 15) is 4.79 Å². The maximum Gasteiger partial charge on any atom is 0.226 e. The fourth-order valence-electron chi connectivity index (χ4n) is 3.70. The lowest BCUT2D eigenvalue weighted by molar-refractivity contribution is -0.138. The van der Waals surface area contributed by atoms with Gasteiger partial charge in [0.2, 0.25) is 5.91 Å². The van der Waals surface area contributed by atoms with Gasteiger partial charge in [-0.15, -0.1) is 0 Å². The van der Waals surface area contributed by atoms with Crippen molar-refractivity contribution in [2.24, 2.45) is 17.1 Å². The van der Waals surface area contributed by atoms with E-state index in [0.717, 1.165) is 19.5 Å². The fourth-order valence-corrected chi connectivity index (χ4v) is 3.70. The molecule has 1 aliphatic heterocycles. The number of nitrogens with zero attached hydrogens (tertiary/aromatic N) is 1. The van der Waals surface area contributed by atoms with Crippen LogP contribution in [0.3, 0.4) is 0 Å². The summed E-state index contributed by atoms with van der Waals surface area (Å²) < 4.78 is 0. The topological polar surface area (TPSA) is 46.3 Å². The van der Waals surface area contributed by atoms with Crippen LogP contribution < -0.4 is 5.73 Å². The highest BCUT2D eigenvalue weighted by Gasteiger charge is 2.37. The molecule has 3 heteroatoms. The molecule has 2 N–H and O–H groups in total. The van der Waals surface area contributed by atoms with Crippen LogP contribution in [0.2, 0.25) is 0 Å². The van der Waals surface area contributed by atoms with E-state index in [0.29, 0.717) is 17.9 Å². The molecule has 0 aromatic heterocycles. The summed E-state index contributed by atoms with van der Waals surface area (Å²) in [4.78, 5) is 14.3. The van der Waals surface area contributed by atoms with E-state index in [1.165, 1.54) is 44.9 Å². The molecule has 2 fully saturated rings. The Morgan fingerprint density at radius 1 is 1.17 bits per heavy atom. The Morgan fingerprint density at radius 3 is 2.28 bits per heavy atom. The lowest BCUT2D eigenvalue weighted by Gasteiger charge is -2.44. The molecule has 1 spiro atoms. The molecule has 2 aliphatic rings. The molecule has 0 bridgehead atoms. The van der Waals surface area contributed by atoms with E-state index in [4.69, 9.17) is 5.73 Å². The number of hydrogen-bond donors (Lipinski definition) is 1. The number of hydrogen-bond acceptors (Lipinski definition) is 2. The highest BCUT2D eigenvalue weighted by Crippen LogP contribution is 2.44. The molecule has 1 atom stereocenters. The summed E-state index contributed by atoms with van der Waals surface area (Å²) in [6.45, 7) is 4.49. The predicted molar refractivity (Wildman–Crippen MR) is 74.2 cm³/mol. The van der Waals surface area contributed by atoms with Crippen molar-refractivity contribution in [2.45, 2.75) is 58.3 Å². The van der Waals surface area contributed by atoms with Gasteiger partial charge in [0.25, 0.3) is 0 Å². The van der Waals surface area contributed by atoms with Crippen molar-refractivity contribution in [3.05, 3.63) is 0 Å². The normalized spacial score (nSPS) is 25.1. The van der Waals surface area contributed by atoms with Gasteiger partial charge < -0.3 is 10.6 Å². The Labute approximate surface area is 111 Å². The second-order valence-corrected chi connectivity index (χ2v) is 6.23. The second kappa shape index (κ2) is 6.05. The summed E-state index contributed by atoms with van der Waals surface area (Å²) in [6.07, 6.45) is 10.3. The van der Waals surface area contributed by atoms with Crippen LogP contribution in [-0.2, 0) is 4.79 Å². The maximum absolute atomic E-state index is 12.3. The molecular weight excluding hydrogens is 224 g/mol. The minimum atomic E-state index is 0.0467. The zero-order valence-corrected chi connectivity index (χ0v) is 11.8. The average Bonchev–Trinajstić information content (AvgIpc) is 2.42. The SMILES string of the molecule is CCC(CN)C(=O)N1CCC2(CCCCC2)CC1. The van der Waals surface area contributed by atoms with Gasteiger partial charge in [-0.05, 0) is 37.5 Å². The third-order valence-corrected chi connectivity index (χ3v) is 5.18. The van der Waals surface area contributed by atoms with E-state index in [1.54, 1.807) is 0 Å². The van der Waals surface area contributed by atoms with Gasteiger partial charge in [0, 0.05) is 19.6 Å². The lowest BCUT2D eigenvalue weighted by Crippen LogP contribution is -2.47. The minimum absolute atomic E-state index is 0.0467. The lowest BCUT2D eigenvalue weighted by atomic mass is 9.68. The van der Waals surface area contributed by atoms with Crippen LogP contribution in [0.5, 0.6) is 0 Å². The molecule has 1 saturated heterocycles. The number of nitrogens with two attached hydrogens (primary N) is 1. The van der Waals surface area contributed by atoms with Crippen molar-refractivity contribution < 1.29 is 4.79 Å². The Bertz CT molecular complexity index is 270. The van der Waals surface area contributed by atoms with Gasteiger partial charge in [0.1, 0.15) is 0 Å². The maximum atomic E-state index is 12.3. The van der Waals surface area contributed by atoms with Crippen LogP contribution in [0.25, 0.3) is 0 Å². The van der Waals surface area contributed by atoms with E-state index >= 15 is 0 Å². The van der Waals surface area contributed by atoms with Gasteiger partial charge in [0.05, 0.1) is 5.92 Å². The molecule has 1 aliphatic carbocycles. The van der Waals surface area contributed by atoms with Gasteiger partial charge in [-0.2, -0.15) is 0 Å². The zero-order valence-electron chi connectivity index (χ0n) is 11.8. The van der Waals surface area contributed by atoms with Crippen molar-refractivity contribution in [1.29, 1.82) is 0 Å². The number of carbonyl (C=O) groups excluding carboxylic acids is 1. The van der Waals surface area contributed by atoms with Crippen LogP contribution >= 0.6 is 0 Å². The van der Waals surface area contributed by atoms with E-state index in [1.807, 2.05) is 0 Å². The van der Waals surface area contributed by atoms with Crippen LogP contribution in [-0.4, -0.2) is 30.4 Å². The second-order valence-electron chi connectivity index (χ2n) is 6.23. The zero-order chi connectivity index (χ0) is 13.0. The van der Waals surface area contributed by atoms with Crippen LogP contribution in [0.4, 0.5) is 0 Å². The summed E-state index contributed by atoms with van der Waals surface area (Å²) in [5.74, 6) is 0.344. The summed E-state index contributed by atoms with van der Waals surface area (Å²) in [5.41, 5.74) is 6.26. The monoisotopic (exact) mass is 252 g/mol. The number of likely N-dealkylation sites (tertiary alicyclic amines) is 1. The molecule has 2 rings (SSSR count). The summed E-state index contributed by atoms with van der Waals surface area (Å²) >= 11 is 0. The Kier molecular flexibility index (Phi) is 4.66. The summed E-state index contributed by atoms with van der Waals surface area (Å²) in [5, 5.41) is 0. The van der Waals surface area contributed by atoms with Gasteiger partial charge in [0.15, 0.2) is 0 Å². The van der Waals surface area contributed by atoms with Crippen molar-refractivity contribution in [3.8, 4) is 0 Å². The van der Waals surface area contributed by atoms with Crippen molar-refractivity contribution in [1.82, 2.24) is 4.90 Å². The predicted octanol–water partition coefficient (Wildman–Crippen LogP) is 2.54. The molecule has 1 unspecified atom stereocenters. The molecule has 0 radical (unpaired) electrons. The Balaban J connectivity index is 1.87. The molecule has 18 heavy (non-hydrogen) atoms. The highest BCUT2D eigenvalue weighted by molar-refractivity contribution is 5.79. The molecule has 104 valence electrons. The van der Waals surface area contributed by atoms with Crippen molar-refractivity contribution >= 4 is 5.91 Å². The third kappa shape index (κ3) is 2.87. The standard InChI is InChI=1S/C15H28N2O/c1-2-13(12-16)14(18)17-10-8-15(9-11-17)6-4-3-5-7-15/h13H,2-12,16H2,1H3. The number of amides is 1. The average molecular weight is 252 g/mol. The van der Waals surface area contributed by atoms with Gasteiger partial charge >= 0.3 is 0 Å². The van der Waals surface area contributed by atoms with Crippen molar-refractivity contribution in [2.75, 3.05) is 19.6 Å². The van der Waals surface area contributed by atoms with E-state index in [-0.39, 0.29) is 5.92 Å². The van der Waals surface area contributed by atoms with Gasteiger partial charge in [-0.1, -0.05) is 26.2 Å². The first-order valence-electron chi connectivity index (χ1n) is 7.69. The third-order valence-electron chi connectivity index (χ3n) is 5.18. The molecule has 1 amide bonds. The van der Waals surface area contributed by atoms with E-state index < -0.39 is 0 Å². The van der Waals surface area contributed by atoms with Crippen molar-refractivity contribution in [3.63, 3.8) is 0 Å². The first-order valence-corrected chi connectivity index (χ1v) is 7.69. The van der Waals surface area contributed by atoms with E-state index in [2.05, 4.69) is 11.8 Å². The molecular formula is C15H28N2O. The minimum Gasteiger partial charge on any atom is -0.342 e. The van der Waals surface area contributed by atoms with Gasteiger partial charge in [-0.3, -0.25) is 4.79 Å². The number of rotatable bonds is 3. The smallest absolute Gasteiger partial charge is 0.226 e. The molecule has 1 saturated carbocycles. The first-order chi connectivity index (χ1) is 8.71. The summed E-state index contributed by atoms with van der Waals surface area (Å²) in [7, 11) is 0. The largest absolute Gasteiger partial charge is 0.342 e. The number of piperidine rings is 1. The Hall–Kier alpha value is -0.570. The number of carbonyl (C=O) groups is 1. The quantitative estimate of drug-likeness (QED) is 0.839. The molecule has 0 aromatic carbocycles. The van der Waals surface area contributed by atoms with Crippen LogP contribution in [0.1, 0.15) is 58.3 Å². The van der Waals surface area contributed by atoms with Crippen LogP contribution in [0.15, 0.2) is 0 Å².